The second-order valence-corrected chi connectivity index (χ2v) is 5.42. The average Bonchev–Trinajstić information content (AvgIpc) is 2.45. The maximum absolute atomic E-state index is 12.2. The van der Waals surface area contributed by atoms with Crippen LogP contribution in [0.4, 0.5) is 0 Å². The van der Waals surface area contributed by atoms with Gasteiger partial charge in [0.2, 0.25) is 11.8 Å². The van der Waals surface area contributed by atoms with Gasteiger partial charge in [-0.1, -0.05) is 12.8 Å². The highest BCUT2D eigenvalue weighted by Gasteiger charge is 2.36. The Balaban J connectivity index is 2.64. The molecule has 1 fully saturated rings. The molecule has 0 heterocycles. The maximum atomic E-state index is 12.2. The van der Waals surface area contributed by atoms with E-state index in [1.807, 2.05) is 6.92 Å². The molecule has 114 valence electrons. The van der Waals surface area contributed by atoms with Crippen molar-refractivity contribution < 1.29 is 19.5 Å². The van der Waals surface area contributed by atoms with Gasteiger partial charge in [0.15, 0.2) is 0 Å². The molecule has 1 rings (SSSR count). The van der Waals surface area contributed by atoms with E-state index in [1.165, 1.54) is 4.90 Å². The van der Waals surface area contributed by atoms with Crippen molar-refractivity contribution in [3.05, 3.63) is 0 Å². The van der Waals surface area contributed by atoms with Crippen molar-refractivity contribution in [2.24, 2.45) is 11.8 Å². The van der Waals surface area contributed by atoms with E-state index in [-0.39, 0.29) is 11.8 Å². The maximum Gasteiger partial charge on any atom is 0.307 e. The van der Waals surface area contributed by atoms with Crippen LogP contribution < -0.4 is 5.32 Å². The van der Waals surface area contributed by atoms with Crippen molar-refractivity contribution in [1.29, 1.82) is 0 Å². The number of aliphatic carboxylic acids is 1. The van der Waals surface area contributed by atoms with E-state index in [4.69, 9.17) is 0 Å². The lowest BCUT2D eigenvalue weighted by molar-refractivity contribution is -0.149. The van der Waals surface area contributed by atoms with Crippen LogP contribution in [0.25, 0.3) is 0 Å². The van der Waals surface area contributed by atoms with Gasteiger partial charge in [0.25, 0.3) is 0 Å². The highest BCUT2D eigenvalue weighted by molar-refractivity contribution is 5.90. The Morgan fingerprint density at radius 3 is 2.30 bits per heavy atom. The standard InChI is InChI=1S/C14H24N2O4/c1-4-16(3)13(18)9(2)15-12(17)10-7-5-6-8-11(10)14(19)20/h9-11H,4-8H2,1-3H3,(H,15,17)(H,19,20). The smallest absolute Gasteiger partial charge is 0.307 e. The molecule has 0 aromatic carbocycles. The Hall–Kier alpha value is -1.59. The molecule has 0 aromatic heterocycles. The third-order valence-corrected chi connectivity index (χ3v) is 4.00. The second kappa shape index (κ2) is 7.26. The van der Waals surface area contributed by atoms with Gasteiger partial charge in [0.1, 0.15) is 6.04 Å². The van der Waals surface area contributed by atoms with Gasteiger partial charge < -0.3 is 15.3 Å². The highest BCUT2D eigenvalue weighted by atomic mass is 16.4. The van der Waals surface area contributed by atoms with Gasteiger partial charge >= 0.3 is 5.97 Å². The topological polar surface area (TPSA) is 86.7 Å². The molecule has 6 nitrogen and oxygen atoms in total. The Bertz CT molecular complexity index is 383. The van der Waals surface area contributed by atoms with Crippen molar-refractivity contribution in [3.63, 3.8) is 0 Å². The summed E-state index contributed by atoms with van der Waals surface area (Å²) >= 11 is 0. The SMILES string of the molecule is CCN(C)C(=O)C(C)NC(=O)C1CCCCC1C(=O)O. The van der Waals surface area contributed by atoms with E-state index in [2.05, 4.69) is 5.32 Å². The molecular formula is C14H24N2O4. The highest BCUT2D eigenvalue weighted by Crippen LogP contribution is 2.30. The number of carbonyl (C=O) groups excluding carboxylic acids is 2. The minimum atomic E-state index is -0.922. The number of hydrogen-bond acceptors (Lipinski definition) is 3. The molecule has 0 saturated heterocycles. The van der Waals surface area contributed by atoms with Gasteiger partial charge in [-0.2, -0.15) is 0 Å². The molecule has 0 aliphatic heterocycles. The third-order valence-electron chi connectivity index (χ3n) is 4.00. The van der Waals surface area contributed by atoms with Crippen LogP contribution in [0.5, 0.6) is 0 Å². The summed E-state index contributed by atoms with van der Waals surface area (Å²) < 4.78 is 0. The number of hydrogen-bond donors (Lipinski definition) is 2. The van der Waals surface area contributed by atoms with Gasteiger partial charge in [-0.3, -0.25) is 14.4 Å². The molecule has 6 heteroatoms. The van der Waals surface area contributed by atoms with Crippen LogP contribution in [0, 0.1) is 11.8 Å². The Kier molecular flexibility index (Phi) is 5.98. The lowest BCUT2D eigenvalue weighted by Crippen LogP contribution is -2.49. The summed E-state index contributed by atoms with van der Waals surface area (Å²) in [7, 11) is 1.67. The lowest BCUT2D eigenvalue weighted by Gasteiger charge is -2.29. The molecule has 0 spiro atoms. The van der Waals surface area contributed by atoms with E-state index in [0.29, 0.717) is 19.4 Å². The fraction of sp³-hybridized carbons (Fsp3) is 0.786. The van der Waals surface area contributed by atoms with Crippen LogP contribution in [-0.2, 0) is 14.4 Å². The monoisotopic (exact) mass is 284 g/mol. The third kappa shape index (κ3) is 3.95. The molecule has 2 N–H and O–H groups in total. The molecular weight excluding hydrogens is 260 g/mol. The van der Waals surface area contributed by atoms with Crippen molar-refractivity contribution in [3.8, 4) is 0 Å². The fourth-order valence-electron chi connectivity index (χ4n) is 2.61. The van der Waals surface area contributed by atoms with E-state index < -0.39 is 23.8 Å². The van der Waals surface area contributed by atoms with Gasteiger partial charge in [-0.25, -0.2) is 0 Å². The number of carboxylic acid groups (broad SMARTS) is 1. The first-order valence-corrected chi connectivity index (χ1v) is 7.16. The van der Waals surface area contributed by atoms with E-state index >= 15 is 0 Å². The first kappa shape index (κ1) is 16.5. The number of nitrogens with zero attached hydrogens (tertiary/aromatic N) is 1. The largest absolute Gasteiger partial charge is 0.481 e. The van der Waals surface area contributed by atoms with Gasteiger partial charge in [-0.15, -0.1) is 0 Å². The Morgan fingerprint density at radius 2 is 1.80 bits per heavy atom. The molecule has 3 unspecified atom stereocenters. The first-order valence-electron chi connectivity index (χ1n) is 7.16. The van der Waals surface area contributed by atoms with Crippen molar-refractivity contribution >= 4 is 17.8 Å². The molecule has 3 atom stereocenters. The molecule has 2 amide bonds. The zero-order valence-electron chi connectivity index (χ0n) is 12.4. The number of rotatable bonds is 5. The van der Waals surface area contributed by atoms with Crippen molar-refractivity contribution in [1.82, 2.24) is 10.2 Å². The van der Waals surface area contributed by atoms with E-state index in [9.17, 15) is 19.5 Å². The molecule has 0 bridgehead atoms. The number of carbonyl (C=O) groups is 3. The average molecular weight is 284 g/mol. The Morgan fingerprint density at radius 1 is 1.25 bits per heavy atom. The van der Waals surface area contributed by atoms with Crippen LogP contribution >= 0.6 is 0 Å². The van der Waals surface area contributed by atoms with E-state index in [0.717, 1.165) is 12.8 Å². The molecule has 0 radical (unpaired) electrons. The number of nitrogens with one attached hydrogen (secondary N) is 1. The summed E-state index contributed by atoms with van der Waals surface area (Å²) in [5.74, 6) is -2.56. The Labute approximate surface area is 119 Å². The summed E-state index contributed by atoms with van der Waals surface area (Å²) in [6.45, 7) is 4.05. The zero-order chi connectivity index (χ0) is 15.3. The molecule has 1 aliphatic rings. The summed E-state index contributed by atoms with van der Waals surface area (Å²) in [4.78, 5) is 36.8. The van der Waals surface area contributed by atoms with Crippen LogP contribution in [0.15, 0.2) is 0 Å². The van der Waals surface area contributed by atoms with Crippen LogP contribution in [0.3, 0.4) is 0 Å². The van der Waals surface area contributed by atoms with Crippen LogP contribution in [-0.4, -0.2) is 47.4 Å². The van der Waals surface area contributed by atoms with Crippen molar-refractivity contribution in [2.45, 2.75) is 45.6 Å². The molecule has 1 saturated carbocycles. The summed E-state index contributed by atoms with van der Waals surface area (Å²) in [6, 6.07) is -0.621. The lowest BCUT2D eigenvalue weighted by atomic mass is 9.78. The van der Waals surface area contributed by atoms with Crippen molar-refractivity contribution in [2.75, 3.05) is 13.6 Å². The second-order valence-electron chi connectivity index (χ2n) is 5.42. The minimum Gasteiger partial charge on any atom is -0.481 e. The number of likely N-dealkylation sites (N-methyl/N-ethyl adjacent to an activating group) is 1. The predicted octanol–water partition coefficient (Wildman–Crippen LogP) is 0.860. The summed E-state index contributed by atoms with van der Waals surface area (Å²) in [6.07, 6.45) is 2.81. The first-order chi connectivity index (χ1) is 9.38. The van der Waals surface area contributed by atoms with Gasteiger partial charge in [-0.05, 0) is 26.7 Å². The zero-order valence-corrected chi connectivity index (χ0v) is 12.4. The van der Waals surface area contributed by atoms with Gasteiger partial charge in [0.05, 0.1) is 11.8 Å². The summed E-state index contributed by atoms with van der Waals surface area (Å²) in [5, 5.41) is 11.8. The number of amides is 2. The molecule has 1 aliphatic carbocycles. The summed E-state index contributed by atoms with van der Waals surface area (Å²) in [5.41, 5.74) is 0. The fourth-order valence-corrected chi connectivity index (χ4v) is 2.61. The molecule has 20 heavy (non-hydrogen) atoms. The minimum absolute atomic E-state index is 0.163. The predicted molar refractivity (Wildman–Crippen MR) is 74.0 cm³/mol. The number of carboxylic acids is 1. The molecule has 0 aromatic rings. The van der Waals surface area contributed by atoms with Crippen LogP contribution in [0.1, 0.15) is 39.5 Å². The normalized spacial score (nSPS) is 23.8. The van der Waals surface area contributed by atoms with E-state index in [1.54, 1.807) is 14.0 Å². The van der Waals surface area contributed by atoms with Crippen LogP contribution in [0.2, 0.25) is 0 Å². The quantitative estimate of drug-likeness (QED) is 0.784. The van der Waals surface area contributed by atoms with Gasteiger partial charge in [0, 0.05) is 13.6 Å².